The monoisotopic (exact) mass is 427 g/mol. The van der Waals surface area contributed by atoms with Crippen molar-refractivity contribution in [2.75, 3.05) is 19.6 Å². The molecule has 4 amide bonds. The van der Waals surface area contributed by atoms with Crippen LogP contribution in [0.5, 0.6) is 0 Å². The van der Waals surface area contributed by atoms with Crippen molar-refractivity contribution in [1.29, 1.82) is 0 Å². The molecule has 1 N–H and O–H groups in total. The molecule has 0 bridgehead atoms. The zero-order valence-electron chi connectivity index (χ0n) is 16.9. The van der Waals surface area contributed by atoms with Crippen molar-refractivity contribution in [3.8, 4) is 0 Å². The van der Waals surface area contributed by atoms with Gasteiger partial charge in [-0.3, -0.25) is 14.5 Å². The molecular weight excluding hydrogens is 401 g/mol. The van der Waals surface area contributed by atoms with E-state index in [2.05, 4.69) is 5.32 Å². The Morgan fingerprint density at radius 3 is 2.21 bits per heavy atom. The number of benzene rings is 1. The summed E-state index contributed by atoms with van der Waals surface area (Å²) in [6.45, 7) is 10.5. The minimum absolute atomic E-state index is 0.252. The summed E-state index contributed by atoms with van der Waals surface area (Å²) in [6, 6.07) is 4.12. The highest BCUT2D eigenvalue weighted by atomic mass is 35.5. The lowest BCUT2D eigenvalue weighted by Crippen LogP contribution is -2.46. The van der Waals surface area contributed by atoms with Crippen molar-refractivity contribution >= 4 is 41.0 Å². The second-order valence-electron chi connectivity index (χ2n) is 8.16. The van der Waals surface area contributed by atoms with Crippen LogP contribution in [0.15, 0.2) is 18.2 Å². The fourth-order valence-corrected chi connectivity index (χ4v) is 3.91. The van der Waals surface area contributed by atoms with Crippen LogP contribution in [0, 0.1) is 11.8 Å². The Morgan fingerprint density at radius 1 is 1.14 bits per heavy atom. The lowest BCUT2D eigenvalue weighted by Gasteiger charge is -2.28. The smallest absolute Gasteiger partial charge is 0.325 e. The third-order valence-electron chi connectivity index (χ3n) is 4.56. The number of nitrogens with zero attached hydrogens (tertiary/aromatic N) is 2. The average molecular weight is 428 g/mol. The van der Waals surface area contributed by atoms with E-state index in [1.165, 1.54) is 6.07 Å². The number of urea groups is 1. The molecule has 0 radical (unpaired) electrons. The molecule has 0 spiro atoms. The van der Waals surface area contributed by atoms with Gasteiger partial charge in [-0.25, -0.2) is 4.79 Å². The number of carbonyl (C=O) groups excluding carboxylic acids is 3. The van der Waals surface area contributed by atoms with Crippen LogP contribution in [0.4, 0.5) is 4.79 Å². The lowest BCUT2D eigenvalue weighted by molar-refractivity contribution is -0.139. The standard InChI is InChI=1S/C20H27Cl2N3O3/c1-12(2)9-24(10-13(3)4)17(26)11-25-18(27)20(5,23-19(25)28)15-7-6-14(21)8-16(15)22/h6-8,12-13H,9-11H2,1-5H3,(H,23,28). The molecule has 1 aliphatic heterocycles. The SMILES string of the molecule is CC(C)CN(CC(C)C)C(=O)CN1C(=O)NC(C)(c2ccc(Cl)cc2Cl)C1=O. The molecule has 0 aromatic heterocycles. The maximum Gasteiger partial charge on any atom is 0.325 e. The number of carbonyl (C=O) groups is 3. The maximum atomic E-state index is 13.1. The van der Waals surface area contributed by atoms with Crippen LogP contribution in [0.3, 0.4) is 0 Å². The second-order valence-corrected chi connectivity index (χ2v) is 9.00. The highest BCUT2D eigenvalue weighted by molar-refractivity contribution is 6.35. The minimum atomic E-state index is -1.35. The largest absolute Gasteiger partial charge is 0.341 e. The first-order chi connectivity index (χ1) is 13.0. The van der Waals surface area contributed by atoms with Gasteiger partial charge in [-0.1, -0.05) is 57.0 Å². The van der Waals surface area contributed by atoms with Crippen molar-refractivity contribution in [2.24, 2.45) is 11.8 Å². The number of halogens is 2. The minimum Gasteiger partial charge on any atom is -0.341 e. The summed E-state index contributed by atoms with van der Waals surface area (Å²) < 4.78 is 0. The molecule has 1 unspecified atom stereocenters. The van der Waals surface area contributed by atoms with Crippen LogP contribution in [0.2, 0.25) is 10.0 Å². The first kappa shape index (κ1) is 22.5. The lowest BCUT2D eigenvalue weighted by atomic mass is 9.92. The van der Waals surface area contributed by atoms with Gasteiger partial charge in [-0.2, -0.15) is 0 Å². The summed E-state index contributed by atoms with van der Waals surface area (Å²) in [7, 11) is 0. The van der Waals surface area contributed by atoms with Crippen molar-refractivity contribution in [2.45, 2.75) is 40.2 Å². The number of hydrogen-bond donors (Lipinski definition) is 1. The van der Waals surface area contributed by atoms with Crippen molar-refractivity contribution in [3.05, 3.63) is 33.8 Å². The van der Waals surface area contributed by atoms with Crippen LogP contribution < -0.4 is 5.32 Å². The van der Waals surface area contributed by atoms with Gasteiger partial charge in [0, 0.05) is 28.7 Å². The highest BCUT2D eigenvalue weighted by Crippen LogP contribution is 2.34. The van der Waals surface area contributed by atoms with Crippen LogP contribution in [0.1, 0.15) is 40.2 Å². The molecule has 1 saturated heterocycles. The van der Waals surface area contributed by atoms with E-state index in [-0.39, 0.29) is 29.3 Å². The normalized spacial score (nSPS) is 19.5. The van der Waals surface area contributed by atoms with Gasteiger partial charge < -0.3 is 10.2 Å². The Kier molecular flexibility index (Phi) is 6.99. The van der Waals surface area contributed by atoms with Crippen LogP contribution in [0.25, 0.3) is 0 Å². The fraction of sp³-hybridized carbons (Fsp3) is 0.550. The molecule has 0 saturated carbocycles. The molecule has 0 aliphatic carbocycles. The Labute approximate surface area is 176 Å². The van der Waals surface area contributed by atoms with E-state index in [4.69, 9.17) is 23.2 Å². The van der Waals surface area contributed by atoms with Gasteiger partial charge >= 0.3 is 6.03 Å². The van der Waals surface area contributed by atoms with Crippen molar-refractivity contribution < 1.29 is 14.4 Å². The Morgan fingerprint density at radius 2 is 1.71 bits per heavy atom. The number of hydrogen-bond acceptors (Lipinski definition) is 3. The zero-order chi connectivity index (χ0) is 21.2. The third kappa shape index (κ3) is 4.78. The summed E-state index contributed by atoms with van der Waals surface area (Å²) in [5.74, 6) is -0.200. The molecule has 28 heavy (non-hydrogen) atoms. The summed E-state index contributed by atoms with van der Waals surface area (Å²) >= 11 is 12.2. The fourth-order valence-electron chi connectivity index (χ4n) is 3.31. The molecule has 1 aromatic rings. The predicted octanol–water partition coefficient (Wildman–Crippen LogP) is 3.90. The molecule has 2 rings (SSSR count). The van der Waals surface area contributed by atoms with Crippen molar-refractivity contribution in [1.82, 2.24) is 15.1 Å². The van der Waals surface area contributed by atoms with E-state index >= 15 is 0 Å². The molecular formula is C20H27Cl2N3O3. The molecule has 6 nitrogen and oxygen atoms in total. The van der Waals surface area contributed by atoms with Crippen LogP contribution in [-0.2, 0) is 15.1 Å². The van der Waals surface area contributed by atoms with E-state index in [0.717, 1.165) is 4.90 Å². The molecule has 1 atom stereocenters. The Bertz CT molecular complexity index is 772. The molecule has 1 fully saturated rings. The van der Waals surface area contributed by atoms with Gasteiger partial charge in [0.25, 0.3) is 5.91 Å². The number of imide groups is 1. The van der Waals surface area contributed by atoms with E-state index < -0.39 is 17.5 Å². The first-order valence-corrected chi connectivity index (χ1v) is 10.1. The Hall–Kier alpha value is -1.79. The number of nitrogens with one attached hydrogen (secondary N) is 1. The van der Waals surface area contributed by atoms with Gasteiger partial charge in [0.15, 0.2) is 0 Å². The highest BCUT2D eigenvalue weighted by Gasteiger charge is 2.50. The summed E-state index contributed by atoms with van der Waals surface area (Å²) in [5.41, 5.74) is -0.909. The molecule has 1 aliphatic rings. The number of amides is 4. The molecule has 1 heterocycles. The number of rotatable bonds is 7. The summed E-state index contributed by atoms with van der Waals surface area (Å²) in [6.07, 6.45) is 0. The molecule has 8 heteroatoms. The van der Waals surface area contributed by atoms with Crippen LogP contribution in [-0.4, -0.2) is 47.3 Å². The summed E-state index contributed by atoms with van der Waals surface area (Å²) in [4.78, 5) is 41.1. The van der Waals surface area contributed by atoms with Gasteiger partial charge in [0.2, 0.25) is 5.91 Å². The predicted molar refractivity (Wildman–Crippen MR) is 110 cm³/mol. The van der Waals surface area contributed by atoms with Gasteiger partial charge in [0.05, 0.1) is 0 Å². The summed E-state index contributed by atoms with van der Waals surface area (Å²) in [5, 5.41) is 3.38. The molecule has 154 valence electrons. The second kappa shape index (κ2) is 8.70. The zero-order valence-corrected chi connectivity index (χ0v) is 18.4. The van der Waals surface area contributed by atoms with Gasteiger partial charge in [-0.15, -0.1) is 0 Å². The molecule has 1 aromatic carbocycles. The first-order valence-electron chi connectivity index (χ1n) is 9.33. The van der Waals surface area contributed by atoms with Crippen LogP contribution >= 0.6 is 23.2 Å². The van der Waals surface area contributed by atoms with E-state index in [1.54, 1.807) is 24.0 Å². The third-order valence-corrected chi connectivity index (χ3v) is 5.11. The van der Waals surface area contributed by atoms with E-state index in [0.29, 0.717) is 23.7 Å². The van der Waals surface area contributed by atoms with E-state index in [1.807, 2.05) is 27.7 Å². The van der Waals surface area contributed by atoms with E-state index in [9.17, 15) is 14.4 Å². The van der Waals surface area contributed by atoms with Gasteiger partial charge in [0.1, 0.15) is 12.1 Å². The van der Waals surface area contributed by atoms with Gasteiger partial charge in [-0.05, 0) is 30.9 Å². The average Bonchev–Trinajstić information content (AvgIpc) is 2.77. The Balaban J connectivity index is 2.24. The van der Waals surface area contributed by atoms with Crippen molar-refractivity contribution in [3.63, 3.8) is 0 Å². The quantitative estimate of drug-likeness (QED) is 0.670. The maximum absolute atomic E-state index is 13.1. The topological polar surface area (TPSA) is 69.7 Å².